The Morgan fingerprint density at radius 3 is 2.68 bits per heavy atom. The second-order valence-electron chi connectivity index (χ2n) is 4.31. The molecule has 1 amide bonds. The summed E-state index contributed by atoms with van der Waals surface area (Å²) in [5.74, 6) is -0.759. The molecule has 0 aliphatic rings. The van der Waals surface area contributed by atoms with Gasteiger partial charge in [0.2, 0.25) is 0 Å². The highest BCUT2D eigenvalue weighted by Crippen LogP contribution is 2.33. The summed E-state index contributed by atoms with van der Waals surface area (Å²) >= 11 is 1.25. The molecule has 2 rings (SSSR count). The molecule has 0 unspecified atom stereocenters. The molecule has 0 aromatic carbocycles. The van der Waals surface area contributed by atoms with Crippen molar-refractivity contribution in [2.45, 2.75) is 26.1 Å². The predicted molar refractivity (Wildman–Crippen MR) is 67.2 cm³/mol. The average Bonchev–Trinajstić information content (AvgIpc) is 2.71. The molecule has 2 heterocycles. The molecule has 3 nitrogen and oxygen atoms in total. The molecule has 0 aliphatic carbocycles. The summed E-state index contributed by atoms with van der Waals surface area (Å²) in [4.78, 5) is 15.4. The van der Waals surface area contributed by atoms with Crippen LogP contribution in [0.5, 0.6) is 0 Å². The third-order valence-corrected chi connectivity index (χ3v) is 3.22. The van der Waals surface area contributed by atoms with Gasteiger partial charge in [-0.25, -0.2) is 4.98 Å². The summed E-state index contributed by atoms with van der Waals surface area (Å²) in [7, 11) is 0. The van der Waals surface area contributed by atoms with Crippen LogP contribution in [0.2, 0.25) is 0 Å². The van der Waals surface area contributed by atoms with E-state index in [0.29, 0.717) is 4.70 Å². The van der Waals surface area contributed by atoms with E-state index in [9.17, 15) is 18.0 Å². The number of pyridine rings is 1. The number of nitrogens with one attached hydrogen (secondary N) is 1. The zero-order valence-corrected chi connectivity index (χ0v) is 11.0. The minimum atomic E-state index is -4.65. The van der Waals surface area contributed by atoms with E-state index in [1.165, 1.54) is 23.5 Å². The number of nitrogens with zero attached hydrogens (tertiary/aromatic N) is 1. The van der Waals surface area contributed by atoms with Gasteiger partial charge in [-0.2, -0.15) is 13.2 Å². The largest absolute Gasteiger partial charge is 0.434 e. The quantitative estimate of drug-likeness (QED) is 0.919. The van der Waals surface area contributed by atoms with Gasteiger partial charge in [0.25, 0.3) is 5.91 Å². The second-order valence-corrected chi connectivity index (χ2v) is 5.26. The monoisotopic (exact) mass is 288 g/mol. The minimum absolute atomic E-state index is 0.243. The molecule has 0 saturated heterocycles. The number of halogens is 3. The highest BCUT2D eigenvalue weighted by Gasteiger charge is 2.37. The number of fused-ring (bicyclic) bond motifs is 1. The van der Waals surface area contributed by atoms with E-state index >= 15 is 0 Å². The molecule has 1 N–H and O–H groups in total. The Labute approximate surface area is 111 Å². The van der Waals surface area contributed by atoms with Crippen molar-refractivity contribution in [3.05, 3.63) is 28.8 Å². The summed E-state index contributed by atoms with van der Waals surface area (Å²) in [6.07, 6.45) is -4.65. The first-order chi connectivity index (χ1) is 8.79. The molecule has 19 heavy (non-hydrogen) atoms. The summed E-state index contributed by atoms with van der Waals surface area (Å²) in [5.41, 5.74) is -1.33. The van der Waals surface area contributed by atoms with Gasteiger partial charge in [0.1, 0.15) is 0 Å². The van der Waals surface area contributed by atoms with Crippen molar-refractivity contribution < 1.29 is 18.0 Å². The van der Waals surface area contributed by atoms with E-state index in [1.54, 1.807) is 19.2 Å². The molecule has 102 valence electrons. The molecule has 0 atom stereocenters. The van der Waals surface area contributed by atoms with Crippen molar-refractivity contribution in [1.29, 1.82) is 0 Å². The molecule has 7 heteroatoms. The molecule has 0 saturated carbocycles. The molecule has 0 radical (unpaired) electrons. The Morgan fingerprint density at radius 2 is 2.11 bits per heavy atom. The zero-order chi connectivity index (χ0) is 14.2. The van der Waals surface area contributed by atoms with Gasteiger partial charge in [-0.1, -0.05) is 0 Å². The summed E-state index contributed by atoms with van der Waals surface area (Å²) in [6.45, 7) is 3.37. The maximum absolute atomic E-state index is 12.9. The number of aromatic nitrogens is 1. The maximum atomic E-state index is 12.9. The van der Waals surface area contributed by atoms with Crippen molar-refractivity contribution in [3.8, 4) is 0 Å². The first-order valence-electron chi connectivity index (χ1n) is 5.55. The molecule has 0 bridgehead atoms. The van der Waals surface area contributed by atoms with E-state index in [4.69, 9.17) is 0 Å². The van der Waals surface area contributed by atoms with Crippen LogP contribution in [0.3, 0.4) is 0 Å². The number of carbonyl (C=O) groups excluding carboxylic acids is 1. The first-order valence-corrected chi connectivity index (χ1v) is 6.43. The number of amides is 1. The lowest BCUT2D eigenvalue weighted by atomic mass is 10.1. The van der Waals surface area contributed by atoms with Crippen molar-refractivity contribution in [3.63, 3.8) is 0 Å². The SMILES string of the molecule is CC(C)NC(=O)c1cc2sccc2nc1C(F)(F)F. The molecule has 0 spiro atoms. The summed E-state index contributed by atoms with van der Waals surface area (Å²) < 4.78 is 39.4. The number of thiophene rings is 1. The number of alkyl halides is 3. The van der Waals surface area contributed by atoms with Crippen LogP contribution in [-0.4, -0.2) is 16.9 Å². The maximum Gasteiger partial charge on any atom is 0.434 e. The number of rotatable bonds is 2. The summed E-state index contributed by atoms with van der Waals surface area (Å²) in [5, 5.41) is 4.09. The van der Waals surface area contributed by atoms with Gasteiger partial charge in [-0.15, -0.1) is 11.3 Å². The zero-order valence-electron chi connectivity index (χ0n) is 10.2. The summed E-state index contributed by atoms with van der Waals surface area (Å²) in [6, 6.07) is 2.50. The van der Waals surface area contributed by atoms with Crippen molar-refractivity contribution in [2.24, 2.45) is 0 Å². The minimum Gasteiger partial charge on any atom is -0.350 e. The van der Waals surface area contributed by atoms with Gasteiger partial charge in [0, 0.05) is 6.04 Å². The predicted octanol–water partition coefficient (Wildman–Crippen LogP) is 3.45. The molecule has 2 aromatic heterocycles. The van der Waals surface area contributed by atoms with Crippen LogP contribution in [0, 0.1) is 0 Å². The van der Waals surface area contributed by atoms with Crippen LogP contribution in [0.15, 0.2) is 17.5 Å². The third-order valence-electron chi connectivity index (χ3n) is 2.37. The van der Waals surface area contributed by atoms with E-state index < -0.39 is 23.3 Å². The Kier molecular flexibility index (Phi) is 3.49. The Balaban J connectivity index is 2.58. The van der Waals surface area contributed by atoms with E-state index in [0.717, 1.165) is 0 Å². The van der Waals surface area contributed by atoms with Crippen molar-refractivity contribution in [2.75, 3.05) is 0 Å². The first kappa shape index (κ1) is 13.8. The third kappa shape index (κ3) is 2.86. The van der Waals surface area contributed by atoms with Gasteiger partial charge in [0.15, 0.2) is 5.69 Å². The Morgan fingerprint density at radius 1 is 1.42 bits per heavy atom. The standard InChI is InChI=1S/C12H11F3N2OS/c1-6(2)16-11(18)7-5-9-8(3-4-19-9)17-10(7)12(13,14)15/h3-6H,1-2H3,(H,16,18). The van der Waals surface area contributed by atoms with Crippen LogP contribution in [-0.2, 0) is 6.18 Å². The van der Waals surface area contributed by atoms with Gasteiger partial charge in [-0.3, -0.25) is 4.79 Å². The van der Waals surface area contributed by atoms with E-state index in [2.05, 4.69) is 10.3 Å². The van der Waals surface area contributed by atoms with E-state index in [1.807, 2.05) is 0 Å². The fraction of sp³-hybridized carbons (Fsp3) is 0.333. The van der Waals surface area contributed by atoms with E-state index in [-0.39, 0.29) is 11.6 Å². The van der Waals surface area contributed by atoms with Crippen molar-refractivity contribution >= 4 is 27.5 Å². The second kappa shape index (κ2) is 4.80. The number of hydrogen-bond acceptors (Lipinski definition) is 3. The Hall–Kier alpha value is -1.63. The van der Waals surface area contributed by atoms with Crippen LogP contribution in [0.25, 0.3) is 10.2 Å². The average molecular weight is 288 g/mol. The van der Waals surface area contributed by atoms with Crippen LogP contribution >= 0.6 is 11.3 Å². The van der Waals surface area contributed by atoms with Gasteiger partial charge >= 0.3 is 6.18 Å². The lowest BCUT2D eigenvalue weighted by molar-refractivity contribution is -0.141. The fourth-order valence-corrected chi connectivity index (χ4v) is 2.39. The van der Waals surface area contributed by atoms with Gasteiger partial charge in [-0.05, 0) is 31.4 Å². The van der Waals surface area contributed by atoms with Crippen molar-refractivity contribution in [1.82, 2.24) is 10.3 Å². The fourth-order valence-electron chi connectivity index (χ4n) is 1.62. The Bertz CT molecular complexity index is 619. The lowest BCUT2D eigenvalue weighted by Gasteiger charge is -2.13. The number of carbonyl (C=O) groups is 1. The molecule has 0 aliphatic heterocycles. The van der Waals surface area contributed by atoms with Gasteiger partial charge < -0.3 is 5.32 Å². The molecule has 2 aromatic rings. The number of hydrogen-bond donors (Lipinski definition) is 1. The normalized spacial score (nSPS) is 12.1. The molecule has 0 fully saturated rings. The highest BCUT2D eigenvalue weighted by molar-refractivity contribution is 7.17. The topological polar surface area (TPSA) is 42.0 Å². The molecular weight excluding hydrogens is 277 g/mol. The lowest BCUT2D eigenvalue weighted by Crippen LogP contribution is -2.32. The van der Waals surface area contributed by atoms with Crippen LogP contribution < -0.4 is 5.32 Å². The highest BCUT2D eigenvalue weighted by atomic mass is 32.1. The van der Waals surface area contributed by atoms with Crippen LogP contribution in [0.4, 0.5) is 13.2 Å². The smallest absolute Gasteiger partial charge is 0.350 e. The van der Waals surface area contributed by atoms with Gasteiger partial charge in [0.05, 0.1) is 15.8 Å². The van der Waals surface area contributed by atoms with Crippen LogP contribution in [0.1, 0.15) is 29.9 Å². The molecular formula is C12H11F3N2OS.